The van der Waals surface area contributed by atoms with Crippen LogP contribution in [0.5, 0.6) is 0 Å². The molecule has 0 aromatic heterocycles. The van der Waals surface area contributed by atoms with Crippen molar-refractivity contribution in [3.05, 3.63) is 29.0 Å². The molecule has 2 N–H and O–H groups in total. The van der Waals surface area contributed by atoms with Crippen molar-refractivity contribution in [2.75, 3.05) is 25.0 Å². The average Bonchev–Trinajstić information content (AvgIpc) is 2.74. The van der Waals surface area contributed by atoms with E-state index < -0.39 is 17.7 Å². The van der Waals surface area contributed by atoms with Crippen LogP contribution in [0, 0.1) is 17.7 Å². The van der Waals surface area contributed by atoms with Gasteiger partial charge in [0.25, 0.3) is 0 Å². The van der Waals surface area contributed by atoms with Gasteiger partial charge in [-0.2, -0.15) is 0 Å². The molecule has 1 aromatic carbocycles. The van der Waals surface area contributed by atoms with E-state index in [1.54, 1.807) is 4.90 Å². The molecule has 1 fully saturated rings. The van der Waals surface area contributed by atoms with Crippen molar-refractivity contribution in [1.29, 1.82) is 0 Å². The number of anilines is 1. The normalized spacial score (nSPS) is 22.2. The molecule has 1 heterocycles. The molecule has 1 saturated heterocycles. The van der Waals surface area contributed by atoms with Gasteiger partial charge in [0.05, 0.1) is 23.2 Å². The summed E-state index contributed by atoms with van der Waals surface area (Å²) < 4.78 is 12.9. The Morgan fingerprint density at radius 1 is 1.48 bits per heavy atom. The summed E-state index contributed by atoms with van der Waals surface area (Å²) in [6, 6.07) is 3.72. The van der Waals surface area contributed by atoms with Gasteiger partial charge in [0.2, 0.25) is 5.91 Å². The number of carbonyl (C=O) groups is 2. The molecule has 2 rings (SSSR count). The van der Waals surface area contributed by atoms with Gasteiger partial charge in [0.1, 0.15) is 5.82 Å². The molecule has 1 aliphatic heterocycles. The molecular formula is C14H16ClFN2O3. The summed E-state index contributed by atoms with van der Waals surface area (Å²) in [5.74, 6) is -2.07. The van der Waals surface area contributed by atoms with E-state index in [9.17, 15) is 14.0 Å². The lowest BCUT2D eigenvalue weighted by Crippen LogP contribution is -2.32. The fourth-order valence-corrected chi connectivity index (χ4v) is 2.72. The molecule has 0 radical (unpaired) electrons. The smallest absolute Gasteiger partial charge is 0.308 e. The zero-order valence-corrected chi connectivity index (χ0v) is 12.2. The first kappa shape index (κ1) is 15.7. The van der Waals surface area contributed by atoms with Crippen molar-refractivity contribution < 1.29 is 19.1 Å². The van der Waals surface area contributed by atoms with Gasteiger partial charge in [-0.05, 0) is 24.1 Å². The van der Waals surface area contributed by atoms with E-state index in [0.717, 1.165) is 6.07 Å². The number of carbonyl (C=O) groups excluding carboxylic acids is 1. The summed E-state index contributed by atoms with van der Waals surface area (Å²) in [7, 11) is 0. The monoisotopic (exact) mass is 314 g/mol. The first-order chi connectivity index (χ1) is 9.86. The van der Waals surface area contributed by atoms with Gasteiger partial charge in [-0.1, -0.05) is 18.5 Å². The Morgan fingerprint density at radius 3 is 2.76 bits per heavy atom. The Balaban J connectivity index is 1.92. The summed E-state index contributed by atoms with van der Waals surface area (Å²) in [6.07, 6.45) is 0. The Kier molecular flexibility index (Phi) is 4.80. The summed E-state index contributed by atoms with van der Waals surface area (Å²) in [5.41, 5.74) is 0.338. The highest BCUT2D eigenvalue weighted by molar-refractivity contribution is 6.33. The molecule has 0 unspecified atom stereocenters. The number of carboxylic acid groups (broad SMARTS) is 1. The van der Waals surface area contributed by atoms with Gasteiger partial charge in [-0.15, -0.1) is 0 Å². The maximum atomic E-state index is 12.9. The zero-order chi connectivity index (χ0) is 15.6. The number of hydrogen-bond acceptors (Lipinski definition) is 3. The number of hydrogen-bond donors (Lipinski definition) is 2. The molecule has 2 atom stereocenters. The largest absolute Gasteiger partial charge is 0.481 e. The Labute approximate surface area is 126 Å². The van der Waals surface area contributed by atoms with Crippen molar-refractivity contribution in [1.82, 2.24) is 4.90 Å². The lowest BCUT2D eigenvalue weighted by molar-refractivity contribution is -0.142. The minimum atomic E-state index is -0.841. The van der Waals surface area contributed by atoms with Crippen LogP contribution in [0.4, 0.5) is 10.1 Å². The van der Waals surface area contributed by atoms with Crippen molar-refractivity contribution >= 4 is 29.2 Å². The first-order valence-corrected chi connectivity index (χ1v) is 6.94. The van der Waals surface area contributed by atoms with Gasteiger partial charge >= 0.3 is 5.97 Å². The van der Waals surface area contributed by atoms with Gasteiger partial charge < -0.3 is 10.4 Å². The highest BCUT2D eigenvalue weighted by Crippen LogP contribution is 2.24. The number of nitrogens with one attached hydrogen (secondary N) is 1. The number of rotatable bonds is 4. The summed E-state index contributed by atoms with van der Waals surface area (Å²) in [5, 5.41) is 11.8. The lowest BCUT2D eigenvalue weighted by Gasteiger charge is -2.15. The summed E-state index contributed by atoms with van der Waals surface area (Å²) in [4.78, 5) is 24.8. The highest BCUT2D eigenvalue weighted by Gasteiger charge is 2.35. The third kappa shape index (κ3) is 3.92. The minimum absolute atomic E-state index is 0.00436. The third-order valence-corrected chi connectivity index (χ3v) is 3.89. The molecule has 5 nitrogen and oxygen atoms in total. The van der Waals surface area contributed by atoms with E-state index in [1.165, 1.54) is 12.1 Å². The van der Waals surface area contributed by atoms with Crippen molar-refractivity contribution in [3.63, 3.8) is 0 Å². The molecule has 1 amide bonds. The van der Waals surface area contributed by atoms with Gasteiger partial charge in [-0.3, -0.25) is 14.5 Å². The number of nitrogens with zero attached hydrogens (tertiary/aromatic N) is 1. The van der Waals surface area contributed by atoms with E-state index in [2.05, 4.69) is 5.32 Å². The van der Waals surface area contributed by atoms with Crippen LogP contribution < -0.4 is 5.32 Å². The molecule has 0 aliphatic carbocycles. The maximum Gasteiger partial charge on any atom is 0.308 e. The maximum absolute atomic E-state index is 12.9. The topological polar surface area (TPSA) is 69.6 Å². The Morgan fingerprint density at radius 2 is 2.19 bits per heavy atom. The van der Waals surface area contributed by atoms with E-state index in [0.29, 0.717) is 18.8 Å². The Hall–Kier alpha value is -1.66. The van der Waals surface area contributed by atoms with Crippen LogP contribution in [0.3, 0.4) is 0 Å². The predicted molar refractivity (Wildman–Crippen MR) is 76.8 cm³/mol. The fraction of sp³-hybridized carbons (Fsp3) is 0.429. The molecule has 21 heavy (non-hydrogen) atoms. The van der Waals surface area contributed by atoms with Crippen LogP contribution in [0.1, 0.15) is 6.92 Å². The van der Waals surface area contributed by atoms with Crippen molar-refractivity contribution in [3.8, 4) is 0 Å². The van der Waals surface area contributed by atoms with Crippen LogP contribution in [0.25, 0.3) is 0 Å². The van der Waals surface area contributed by atoms with Gasteiger partial charge in [0.15, 0.2) is 0 Å². The highest BCUT2D eigenvalue weighted by atomic mass is 35.5. The standard InChI is InChI=1S/C14H16ClFN2O3/c1-8-5-18(6-10(8)14(20)21)7-13(19)17-12-3-2-9(16)4-11(12)15/h2-4,8,10H,5-7H2,1H3,(H,17,19)(H,20,21)/t8-,10-/m1/s1. The van der Waals surface area contributed by atoms with E-state index in [1.807, 2.05) is 6.92 Å². The van der Waals surface area contributed by atoms with Crippen molar-refractivity contribution in [2.45, 2.75) is 6.92 Å². The number of halogens is 2. The van der Waals surface area contributed by atoms with Crippen LogP contribution in [0.15, 0.2) is 18.2 Å². The lowest BCUT2D eigenvalue weighted by atomic mass is 9.99. The van der Waals surface area contributed by atoms with Gasteiger partial charge in [0, 0.05) is 13.1 Å². The average molecular weight is 315 g/mol. The van der Waals surface area contributed by atoms with Crippen LogP contribution in [-0.2, 0) is 9.59 Å². The molecule has 1 aliphatic rings. The summed E-state index contributed by atoms with van der Waals surface area (Å²) >= 11 is 5.83. The van der Waals surface area contributed by atoms with Crippen LogP contribution in [0.2, 0.25) is 5.02 Å². The second-order valence-electron chi connectivity index (χ2n) is 5.29. The van der Waals surface area contributed by atoms with Gasteiger partial charge in [-0.25, -0.2) is 4.39 Å². The first-order valence-electron chi connectivity index (χ1n) is 6.57. The van der Waals surface area contributed by atoms with Crippen LogP contribution >= 0.6 is 11.6 Å². The molecule has 114 valence electrons. The van der Waals surface area contributed by atoms with E-state index >= 15 is 0 Å². The molecule has 7 heteroatoms. The third-order valence-electron chi connectivity index (χ3n) is 3.58. The fourth-order valence-electron chi connectivity index (χ4n) is 2.50. The number of benzene rings is 1. The molecule has 0 spiro atoms. The summed E-state index contributed by atoms with van der Waals surface area (Å²) in [6.45, 7) is 2.85. The predicted octanol–water partition coefficient (Wildman–Crippen LogP) is 2.07. The Bertz CT molecular complexity index is 567. The van der Waals surface area contributed by atoms with E-state index in [-0.39, 0.29) is 23.4 Å². The number of carboxylic acids is 1. The van der Waals surface area contributed by atoms with E-state index in [4.69, 9.17) is 16.7 Å². The number of amides is 1. The minimum Gasteiger partial charge on any atom is -0.481 e. The quantitative estimate of drug-likeness (QED) is 0.892. The second kappa shape index (κ2) is 6.41. The zero-order valence-electron chi connectivity index (χ0n) is 11.5. The molecule has 1 aromatic rings. The number of aliphatic carboxylic acids is 1. The second-order valence-corrected chi connectivity index (χ2v) is 5.70. The van der Waals surface area contributed by atoms with Crippen LogP contribution in [-0.4, -0.2) is 41.5 Å². The molecule has 0 saturated carbocycles. The molecule has 0 bridgehead atoms. The van der Waals surface area contributed by atoms with Crippen molar-refractivity contribution in [2.24, 2.45) is 11.8 Å². The SMILES string of the molecule is C[C@@H]1CN(CC(=O)Nc2ccc(F)cc2Cl)C[C@H]1C(=O)O. The molecular weight excluding hydrogens is 299 g/mol. The number of likely N-dealkylation sites (tertiary alicyclic amines) is 1.